The van der Waals surface area contributed by atoms with E-state index in [-0.39, 0.29) is 5.69 Å². The number of carbonyl (C=O) groups is 1. The van der Waals surface area contributed by atoms with Crippen molar-refractivity contribution in [1.82, 2.24) is 9.55 Å². The fraction of sp³-hybridized carbons (Fsp3) is 0.118. The van der Waals surface area contributed by atoms with Crippen molar-refractivity contribution in [1.29, 1.82) is 0 Å². The van der Waals surface area contributed by atoms with Crippen LogP contribution in [0.4, 0.5) is 5.69 Å². The molecular formula is C17H14ClN3O3. The lowest BCUT2D eigenvalue weighted by molar-refractivity contribution is 0.102. The molecule has 6 nitrogen and oxygen atoms in total. The highest BCUT2D eigenvalue weighted by Crippen LogP contribution is 2.27. The van der Waals surface area contributed by atoms with Gasteiger partial charge in [0.25, 0.3) is 11.5 Å². The number of ether oxygens (including phenoxy) is 1. The number of anilines is 1. The molecule has 24 heavy (non-hydrogen) atoms. The Morgan fingerprint density at radius 3 is 2.75 bits per heavy atom. The van der Waals surface area contributed by atoms with Crippen molar-refractivity contribution >= 4 is 34.2 Å². The SMILES string of the molecule is COc1ccc(Cl)cc1NC(=O)c1nc2ccccc2n(C)c1=O. The number of carbonyl (C=O) groups excluding carboxylic acids is 1. The van der Waals surface area contributed by atoms with Gasteiger partial charge in [0, 0.05) is 12.1 Å². The van der Waals surface area contributed by atoms with Gasteiger partial charge in [-0.3, -0.25) is 9.59 Å². The maximum Gasteiger partial charge on any atom is 0.282 e. The standard InChI is InChI=1S/C17H14ClN3O3/c1-21-13-6-4-3-5-11(13)19-15(17(21)23)16(22)20-12-9-10(18)7-8-14(12)24-2/h3-9H,1-2H3,(H,20,22). The van der Waals surface area contributed by atoms with E-state index < -0.39 is 11.5 Å². The predicted octanol–water partition coefficient (Wildman–Crippen LogP) is 2.85. The van der Waals surface area contributed by atoms with Gasteiger partial charge in [-0.2, -0.15) is 0 Å². The van der Waals surface area contributed by atoms with Crippen molar-refractivity contribution in [3.63, 3.8) is 0 Å². The molecule has 0 saturated carbocycles. The van der Waals surface area contributed by atoms with E-state index in [1.807, 2.05) is 0 Å². The van der Waals surface area contributed by atoms with Crippen molar-refractivity contribution in [2.45, 2.75) is 0 Å². The van der Waals surface area contributed by atoms with Gasteiger partial charge in [-0.25, -0.2) is 4.98 Å². The highest BCUT2D eigenvalue weighted by molar-refractivity contribution is 6.31. The number of aromatic nitrogens is 2. The molecule has 7 heteroatoms. The molecule has 122 valence electrons. The van der Waals surface area contributed by atoms with Gasteiger partial charge < -0.3 is 14.6 Å². The van der Waals surface area contributed by atoms with Gasteiger partial charge in [0.2, 0.25) is 0 Å². The Kier molecular flexibility index (Phi) is 4.22. The lowest BCUT2D eigenvalue weighted by Crippen LogP contribution is -2.29. The molecule has 0 radical (unpaired) electrons. The quantitative estimate of drug-likeness (QED) is 0.793. The van der Waals surface area contributed by atoms with Crippen molar-refractivity contribution in [3.05, 3.63) is 63.5 Å². The van der Waals surface area contributed by atoms with E-state index in [1.165, 1.54) is 11.7 Å². The summed E-state index contributed by atoms with van der Waals surface area (Å²) in [5, 5.41) is 3.06. The summed E-state index contributed by atoms with van der Waals surface area (Å²) in [6.07, 6.45) is 0. The minimum atomic E-state index is -0.623. The molecule has 1 aromatic heterocycles. The first-order chi connectivity index (χ1) is 11.5. The number of nitrogens with one attached hydrogen (secondary N) is 1. The fourth-order valence-electron chi connectivity index (χ4n) is 2.39. The summed E-state index contributed by atoms with van der Waals surface area (Å²) in [5.41, 5.74) is 0.902. The van der Waals surface area contributed by atoms with Gasteiger partial charge in [0.1, 0.15) is 5.75 Å². The highest BCUT2D eigenvalue weighted by atomic mass is 35.5. The number of para-hydroxylation sites is 2. The molecule has 0 aliphatic rings. The number of rotatable bonds is 3. The number of amides is 1. The molecule has 0 aliphatic heterocycles. The lowest BCUT2D eigenvalue weighted by atomic mass is 10.2. The second-order valence-corrected chi connectivity index (χ2v) is 5.55. The van der Waals surface area contributed by atoms with Crippen LogP contribution in [0.15, 0.2) is 47.3 Å². The Morgan fingerprint density at radius 2 is 2.00 bits per heavy atom. The number of benzene rings is 2. The Labute approximate surface area is 142 Å². The van der Waals surface area contributed by atoms with Gasteiger partial charge >= 0.3 is 0 Å². The molecule has 1 N–H and O–H groups in total. The first-order valence-corrected chi connectivity index (χ1v) is 7.49. The number of fused-ring (bicyclic) bond motifs is 1. The number of hydrogen-bond donors (Lipinski definition) is 1. The molecule has 3 aromatic rings. The minimum absolute atomic E-state index is 0.196. The first-order valence-electron chi connectivity index (χ1n) is 7.12. The van der Waals surface area contributed by atoms with Crippen LogP contribution in [0.5, 0.6) is 5.75 Å². The average molecular weight is 344 g/mol. The summed E-state index contributed by atoms with van der Waals surface area (Å²) in [6.45, 7) is 0. The number of aryl methyl sites for hydroxylation is 1. The smallest absolute Gasteiger partial charge is 0.282 e. The van der Waals surface area contributed by atoms with Crippen LogP contribution in [-0.2, 0) is 7.05 Å². The second kappa shape index (κ2) is 6.33. The number of nitrogens with zero attached hydrogens (tertiary/aromatic N) is 2. The van der Waals surface area contributed by atoms with Crippen LogP contribution in [0.25, 0.3) is 11.0 Å². The fourth-order valence-corrected chi connectivity index (χ4v) is 2.56. The van der Waals surface area contributed by atoms with Crippen LogP contribution in [0.3, 0.4) is 0 Å². The van der Waals surface area contributed by atoms with Crippen LogP contribution < -0.4 is 15.6 Å². The Hall–Kier alpha value is -2.86. The number of halogens is 1. The third kappa shape index (κ3) is 2.83. The predicted molar refractivity (Wildman–Crippen MR) is 92.9 cm³/mol. The molecule has 0 bridgehead atoms. The van der Waals surface area contributed by atoms with E-state index in [0.29, 0.717) is 27.5 Å². The summed E-state index contributed by atoms with van der Waals surface area (Å²) in [4.78, 5) is 29.1. The zero-order valence-electron chi connectivity index (χ0n) is 13.0. The zero-order valence-corrected chi connectivity index (χ0v) is 13.8. The topological polar surface area (TPSA) is 73.2 Å². The monoisotopic (exact) mass is 343 g/mol. The summed E-state index contributed by atoms with van der Waals surface area (Å²) < 4.78 is 6.58. The maximum absolute atomic E-state index is 12.5. The van der Waals surface area contributed by atoms with E-state index in [1.54, 1.807) is 49.5 Å². The van der Waals surface area contributed by atoms with Crippen LogP contribution in [0, 0.1) is 0 Å². The van der Waals surface area contributed by atoms with Gasteiger partial charge in [-0.05, 0) is 30.3 Å². The summed E-state index contributed by atoms with van der Waals surface area (Å²) in [7, 11) is 3.08. The van der Waals surface area contributed by atoms with Crippen LogP contribution in [-0.4, -0.2) is 22.6 Å². The van der Waals surface area contributed by atoms with E-state index in [0.717, 1.165) is 0 Å². The largest absolute Gasteiger partial charge is 0.495 e. The molecule has 1 amide bonds. The van der Waals surface area contributed by atoms with E-state index in [9.17, 15) is 9.59 Å². The first kappa shape index (κ1) is 16.0. The van der Waals surface area contributed by atoms with Gasteiger partial charge in [-0.15, -0.1) is 0 Å². The summed E-state index contributed by atoms with van der Waals surface area (Å²) >= 11 is 5.95. The van der Waals surface area contributed by atoms with E-state index >= 15 is 0 Å². The third-order valence-electron chi connectivity index (χ3n) is 3.61. The van der Waals surface area contributed by atoms with Crippen LogP contribution >= 0.6 is 11.6 Å². The molecule has 3 rings (SSSR count). The van der Waals surface area contributed by atoms with Crippen molar-refractivity contribution < 1.29 is 9.53 Å². The molecule has 0 atom stereocenters. The summed E-state index contributed by atoms with van der Waals surface area (Å²) in [5.74, 6) is -0.188. The molecular weight excluding hydrogens is 330 g/mol. The average Bonchev–Trinajstić information content (AvgIpc) is 2.58. The molecule has 1 heterocycles. The molecule has 0 spiro atoms. The Bertz CT molecular complexity index is 998. The lowest BCUT2D eigenvalue weighted by Gasteiger charge is -2.11. The van der Waals surface area contributed by atoms with Crippen LogP contribution in [0.1, 0.15) is 10.5 Å². The van der Waals surface area contributed by atoms with Gasteiger partial charge in [0.05, 0.1) is 23.8 Å². The van der Waals surface area contributed by atoms with Gasteiger partial charge in [-0.1, -0.05) is 23.7 Å². The molecule has 0 unspecified atom stereocenters. The second-order valence-electron chi connectivity index (χ2n) is 5.11. The molecule has 2 aromatic carbocycles. The highest BCUT2D eigenvalue weighted by Gasteiger charge is 2.17. The minimum Gasteiger partial charge on any atom is -0.495 e. The maximum atomic E-state index is 12.5. The Morgan fingerprint density at radius 1 is 1.25 bits per heavy atom. The van der Waals surface area contributed by atoms with Crippen molar-refractivity contribution in [2.24, 2.45) is 7.05 Å². The summed E-state index contributed by atoms with van der Waals surface area (Å²) in [6, 6.07) is 11.9. The van der Waals surface area contributed by atoms with E-state index in [2.05, 4.69) is 10.3 Å². The number of hydrogen-bond acceptors (Lipinski definition) is 4. The van der Waals surface area contributed by atoms with Crippen LogP contribution in [0.2, 0.25) is 5.02 Å². The van der Waals surface area contributed by atoms with Crippen molar-refractivity contribution in [2.75, 3.05) is 12.4 Å². The molecule has 0 saturated heterocycles. The van der Waals surface area contributed by atoms with Gasteiger partial charge in [0.15, 0.2) is 5.69 Å². The van der Waals surface area contributed by atoms with E-state index in [4.69, 9.17) is 16.3 Å². The third-order valence-corrected chi connectivity index (χ3v) is 3.84. The number of methoxy groups -OCH3 is 1. The molecule has 0 fully saturated rings. The van der Waals surface area contributed by atoms with Crippen molar-refractivity contribution in [3.8, 4) is 5.75 Å². The Balaban J connectivity index is 2.05. The zero-order chi connectivity index (χ0) is 17.3. The normalized spacial score (nSPS) is 10.6. The molecule has 0 aliphatic carbocycles.